The zero-order valence-electron chi connectivity index (χ0n) is 17.3. The number of carbonyl (C=O) groups is 1. The monoisotopic (exact) mass is 395 g/mol. The predicted octanol–water partition coefficient (Wildman–Crippen LogP) is 0.643. The Labute approximate surface area is 173 Å². The third-order valence-corrected chi connectivity index (χ3v) is 6.42. The molecule has 0 aliphatic carbocycles. The van der Waals surface area contributed by atoms with Gasteiger partial charge in [0.1, 0.15) is 38.8 Å². The average Bonchev–Trinajstić information content (AvgIpc) is 3.28. The Bertz CT molecular complexity index is 797. The highest BCUT2D eigenvalue weighted by Crippen LogP contribution is 2.27. The van der Waals surface area contributed by atoms with E-state index in [0.717, 1.165) is 56.1 Å². The Hall–Kier alpha value is -2.21. The number of benzene rings is 2. The van der Waals surface area contributed by atoms with Crippen LogP contribution in [0.4, 0.5) is 5.69 Å². The van der Waals surface area contributed by atoms with Gasteiger partial charge in [-0.2, -0.15) is 0 Å². The van der Waals surface area contributed by atoms with E-state index in [2.05, 4.69) is 30.4 Å². The van der Waals surface area contributed by atoms with E-state index in [4.69, 9.17) is 4.74 Å². The number of piperazine rings is 1. The molecule has 2 aliphatic heterocycles. The zero-order chi connectivity index (χ0) is 20.1. The van der Waals surface area contributed by atoms with Gasteiger partial charge < -0.3 is 19.9 Å². The van der Waals surface area contributed by atoms with Gasteiger partial charge in [-0.15, -0.1) is 0 Å². The first kappa shape index (κ1) is 20.1. The lowest BCUT2D eigenvalue weighted by Crippen LogP contribution is -3.30. The second kappa shape index (κ2) is 9.53. The van der Waals surface area contributed by atoms with Gasteiger partial charge in [-0.3, -0.25) is 4.79 Å². The molecule has 0 saturated carbocycles. The average molecular weight is 396 g/mol. The highest BCUT2D eigenvalue weighted by Gasteiger charge is 2.32. The Morgan fingerprint density at radius 3 is 2.52 bits per heavy atom. The Morgan fingerprint density at radius 2 is 1.79 bits per heavy atom. The quantitative estimate of drug-likeness (QED) is 0.672. The van der Waals surface area contributed by atoms with Crippen molar-refractivity contribution in [3.8, 4) is 11.1 Å². The van der Waals surface area contributed by atoms with Gasteiger partial charge in [0.15, 0.2) is 6.04 Å². The number of anilines is 1. The third-order valence-electron chi connectivity index (χ3n) is 6.42. The Balaban J connectivity index is 1.34. The number of carbonyl (C=O) groups excluding carboxylic acids is 1. The molecule has 2 aliphatic rings. The van der Waals surface area contributed by atoms with E-state index in [1.54, 1.807) is 4.90 Å². The predicted molar refractivity (Wildman–Crippen MR) is 115 cm³/mol. The van der Waals surface area contributed by atoms with Crippen molar-refractivity contribution in [2.24, 2.45) is 0 Å². The summed E-state index contributed by atoms with van der Waals surface area (Å²) >= 11 is 0. The molecule has 29 heavy (non-hydrogen) atoms. The van der Waals surface area contributed by atoms with Crippen LogP contribution in [0.15, 0.2) is 54.6 Å². The van der Waals surface area contributed by atoms with Gasteiger partial charge in [0, 0.05) is 17.9 Å². The molecule has 5 heteroatoms. The molecule has 3 N–H and O–H groups in total. The van der Waals surface area contributed by atoms with Crippen LogP contribution in [0.1, 0.15) is 19.8 Å². The largest absolute Gasteiger partial charge is 0.372 e. The standard InChI is InChI=1S/C24H31N3O2/c1-19(27-15-13-26(14-16-27)18-21-10-7-17-29-21)24(28)25-23-12-6-5-11-22(23)20-8-3-2-4-9-20/h2-6,8-9,11-12,19,21H,7,10,13-18H2,1H3,(H,25,28)/p+2/t19-,21-/m0/s1. The second-order valence-corrected chi connectivity index (χ2v) is 8.37. The van der Waals surface area contributed by atoms with Gasteiger partial charge in [-0.1, -0.05) is 48.5 Å². The minimum atomic E-state index is -0.0527. The molecule has 0 unspecified atom stereocenters. The van der Waals surface area contributed by atoms with Gasteiger partial charge in [-0.25, -0.2) is 0 Å². The Kier molecular flexibility index (Phi) is 6.60. The third kappa shape index (κ3) is 5.04. The van der Waals surface area contributed by atoms with Crippen molar-refractivity contribution in [1.82, 2.24) is 0 Å². The van der Waals surface area contributed by atoms with Crippen LogP contribution in [0.5, 0.6) is 0 Å². The molecule has 2 fully saturated rings. The van der Waals surface area contributed by atoms with Crippen LogP contribution < -0.4 is 15.1 Å². The topological polar surface area (TPSA) is 47.2 Å². The summed E-state index contributed by atoms with van der Waals surface area (Å²) in [5, 5.41) is 3.19. The van der Waals surface area contributed by atoms with Gasteiger partial charge in [0.05, 0.1) is 0 Å². The zero-order valence-corrected chi connectivity index (χ0v) is 17.3. The van der Waals surface area contributed by atoms with Crippen LogP contribution in [0.25, 0.3) is 11.1 Å². The Morgan fingerprint density at radius 1 is 1.07 bits per heavy atom. The summed E-state index contributed by atoms with van der Waals surface area (Å²) in [6, 6.07) is 18.2. The van der Waals surface area contributed by atoms with Crippen molar-refractivity contribution in [2.45, 2.75) is 31.9 Å². The molecule has 2 aromatic rings. The lowest BCUT2D eigenvalue weighted by Gasteiger charge is -2.33. The van der Waals surface area contributed by atoms with Gasteiger partial charge in [0.2, 0.25) is 0 Å². The van der Waals surface area contributed by atoms with E-state index in [9.17, 15) is 4.79 Å². The van der Waals surface area contributed by atoms with E-state index in [1.165, 1.54) is 17.7 Å². The number of quaternary nitrogens is 2. The van der Waals surface area contributed by atoms with Crippen molar-refractivity contribution in [3.05, 3.63) is 54.6 Å². The van der Waals surface area contributed by atoms with E-state index >= 15 is 0 Å². The van der Waals surface area contributed by atoms with Crippen LogP contribution >= 0.6 is 0 Å². The fourth-order valence-electron chi connectivity index (χ4n) is 4.58. The molecule has 5 nitrogen and oxygen atoms in total. The first-order valence-electron chi connectivity index (χ1n) is 11.0. The van der Waals surface area contributed by atoms with Crippen molar-refractivity contribution in [3.63, 3.8) is 0 Å². The number of rotatable bonds is 6. The molecule has 4 rings (SSSR count). The molecule has 0 spiro atoms. The van der Waals surface area contributed by atoms with Crippen LogP contribution in [0, 0.1) is 0 Å². The maximum Gasteiger partial charge on any atom is 0.282 e. The highest BCUT2D eigenvalue weighted by molar-refractivity contribution is 5.97. The summed E-state index contributed by atoms with van der Waals surface area (Å²) in [5.41, 5.74) is 3.07. The van der Waals surface area contributed by atoms with Crippen LogP contribution in [0.2, 0.25) is 0 Å². The molecule has 0 bridgehead atoms. The summed E-state index contributed by atoms with van der Waals surface area (Å²) < 4.78 is 5.79. The van der Waals surface area contributed by atoms with E-state index < -0.39 is 0 Å². The molecule has 1 amide bonds. The molecular weight excluding hydrogens is 362 g/mol. The molecule has 2 saturated heterocycles. The number of amides is 1. The molecule has 154 valence electrons. The lowest BCUT2D eigenvalue weighted by molar-refractivity contribution is -1.02. The number of ether oxygens (including phenoxy) is 1. The summed E-state index contributed by atoms with van der Waals surface area (Å²) in [6.45, 7) is 8.42. The van der Waals surface area contributed by atoms with E-state index in [-0.39, 0.29) is 11.9 Å². The fourth-order valence-corrected chi connectivity index (χ4v) is 4.58. The lowest BCUT2D eigenvalue weighted by atomic mass is 10.0. The normalized spacial score (nSPS) is 25.5. The number of nitrogens with one attached hydrogen (secondary N) is 3. The maximum atomic E-state index is 13.0. The van der Waals surface area contributed by atoms with Crippen LogP contribution in [-0.4, -0.2) is 57.4 Å². The molecule has 0 aromatic heterocycles. The summed E-state index contributed by atoms with van der Waals surface area (Å²) in [6.07, 6.45) is 2.86. The maximum absolute atomic E-state index is 13.0. The first-order valence-corrected chi connectivity index (χ1v) is 11.0. The molecule has 2 heterocycles. The van der Waals surface area contributed by atoms with Crippen LogP contribution in [0.3, 0.4) is 0 Å². The molecule has 2 aromatic carbocycles. The molecule has 2 atom stereocenters. The van der Waals surface area contributed by atoms with Crippen molar-refractivity contribution in [2.75, 3.05) is 44.6 Å². The molecule has 0 radical (unpaired) electrons. The van der Waals surface area contributed by atoms with Crippen molar-refractivity contribution in [1.29, 1.82) is 0 Å². The minimum absolute atomic E-state index is 0.0527. The summed E-state index contributed by atoms with van der Waals surface area (Å²) in [7, 11) is 0. The fraction of sp³-hybridized carbons (Fsp3) is 0.458. The smallest absolute Gasteiger partial charge is 0.282 e. The highest BCUT2D eigenvalue weighted by atomic mass is 16.5. The van der Waals surface area contributed by atoms with E-state index in [0.29, 0.717) is 6.10 Å². The summed E-state index contributed by atoms with van der Waals surface area (Å²) in [4.78, 5) is 16.0. The number of hydrogen-bond acceptors (Lipinski definition) is 2. The SMILES string of the molecule is C[C@@H](C(=O)Nc1ccccc1-c1ccccc1)[NH+]1CC[NH+](C[C@@H]2CCCO2)CC1. The first-order chi connectivity index (χ1) is 14.2. The van der Waals surface area contributed by atoms with E-state index in [1.807, 2.05) is 36.4 Å². The second-order valence-electron chi connectivity index (χ2n) is 8.37. The minimum Gasteiger partial charge on any atom is -0.372 e. The van der Waals surface area contributed by atoms with Crippen LogP contribution in [-0.2, 0) is 9.53 Å². The van der Waals surface area contributed by atoms with Crippen molar-refractivity contribution < 1.29 is 19.3 Å². The van der Waals surface area contributed by atoms with Gasteiger partial charge in [0.25, 0.3) is 5.91 Å². The van der Waals surface area contributed by atoms with Gasteiger partial charge in [-0.05, 0) is 31.4 Å². The van der Waals surface area contributed by atoms with Crippen molar-refractivity contribution >= 4 is 11.6 Å². The number of para-hydroxylation sites is 1. The molecular formula is C24H33N3O2+2. The van der Waals surface area contributed by atoms with Gasteiger partial charge >= 0.3 is 0 Å². The number of hydrogen-bond donors (Lipinski definition) is 3. The summed E-state index contributed by atoms with van der Waals surface area (Å²) in [5.74, 6) is 0.103.